The Morgan fingerprint density at radius 1 is 1.25 bits per heavy atom. The van der Waals surface area contributed by atoms with Crippen molar-refractivity contribution >= 4 is 5.91 Å². The number of primary amides is 1. The van der Waals surface area contributed by atoms with Crippen LogP contribution in [0.3, 0.4) is 0 Å². The van der Waals surface area contributed by atoms with Gasteiger partial charge in [0.15, 0.2) is 0 Å². The van der Waals surface area contributed by atoms with E-state index in [2.05, 4.69) is 0 Å². The summed E-state index contributed by atoms with van der Waals surface area (Å²) in [5.41, 5.74) is 5.22. The number of carbonyl (C=O) groups is 1. The second-order valence-corrected chi connectivity index (χ2v) is 4.36. The molecular weight excluding hydrogens is 150 g/mol. The van der Waals surface area contributed by atoms with Crippen LogP contribution in [0.5, 0.6) is 0 Å². The van der Waals surface area contributed by atoms with Gasteiger partial charge < -0.3 is 5.73 Å². The normalized spacial score (nSPS) is 39.8. The molecule has 0 aliphatic heterocycles. The predicted octanol–water partition coefficient (Wildman–Crippen LogP) is 1.69. The lowest BCUT2D eigenvalue weighted by atomic mass is 9.89. The third-order valence-corrected chi connectivity index (χ3v) is 3.69. The van der Waals surface area contributed by atoms with Crippen LogP contribution in [0.15, 0.2) is 0 Å². The Hall–Kier alpha value is -0.530. The molecule has 0 bridgehead atoms. The van der Waals surface area contributed by atoms with E-state index in [0.29, 0.717) is 12.3 Å². The number of fused-ring (bicyclic) bond motifs is 1. The summed E-state index contributed by atoms with van der Waals surface area (Å²) >= 11 is 0. The van der Waals surface area contributed by atoms with Crippen molar-refractivity contribution in [3.05, 3.63) is 0 Å². The molecule has 0 aromatic carbocycles. The lowest BCUT2D eigenvalue weighted by molar-refractivity contribution is -0.119. The van der Waals surface area contributed by atoms with Crippen LogP contribution in [-0.4, -0.2) is 5.91 Å². The third kappa shape index (κ3) is 1.35. The molecule has 0 saturated heterocycles. The zero-order valence-electron chi connectivity index (χ0n) is 7.46. The fraction of sp³-hybridized carbons (Fsp3) is 0.900. The van der Waals surface area contributed by atoms with Gasteiger partial charge in [0.25, 0.3) is 0 Å². The second-order valence-electron chi connectivity index (χ2n) is 4.36. The fourth-order valence-electron chi connectivity index (χ4n) is 3.20. The van der Waals surface area contributed by atoms with Gasteiger partial charge in [-0.3, -0.25) is 4.79 Å². The van der Waals surface area contributed by atoms with Crippen LogP contribution in [0.2, 0.25) is 0 Å². The van der Waals surface area contributed by atoms with E-state index in [-0.39, 0.29) is 5.91 Å². The standard InChI is InChI=1S/C10H17NO/c11-10(12)6-8-5-4-7-2-1-3-9(7)8/h7-9H,1-6H2,(H2,11,12)/t7-,8+,9+/m0/s1. The molecule has 2 aliphatic rings. The molecule has 0 spiro atoms. The van der Waals surface area contributed by atoms with Crippen LogP contribution >= 0.6 is 0 Å². The van der Waals surface area contributed by atoms with Gasteiger partial charge in [-0.1, -0.05) is 12.8 Å². The number of hydrogen-bond acceptors (Lipinski definition) is 1. The summed E-state index contributed by atoms with van der Waals surface area (Å²) in [6.45, 7) is 0. The molecule has 12 heavy (non-hydrogen) atoms. The first kappa shape index (κ1) is 8.09. The predicted molar refractivity (Wildman–Crippen MR) is 47.4 cm³/mol. The zero-order chi connectivity index (χ0) is 8.55. The van der Waals surface area contributed by atoms with Crippen LogP contribution in [0.25, 0.3) is 0 Å². The summed E-state index contributed by atoms with van der Waals surface area (Å²) in [6, 6.07) is 0. The molecule has 2 heteroatoms. The van der Waals surface area contributed by atoms with Crippen molar-refractivity contribution in [2.45, 2.75) is 38.5 Å². The van der Waals surface area contributed by atoms with Gasteiger partial charge in [-0.2, -0.15) is 0 Å². The van der Waals surface area contributed by atoms with E-state index in [1.165, 1.54) is 32.1 Å². The topological polar surface area (TPSA) is 43.1 Å². The van der Waals surface area contributed by atoms with Crippen LogP contribution in [-0.2, 0) is 4.79 Å². The average molecular weight is 167 g/mol. The molecule has 1 amide bonds. The SMILES string of the molecule is NC(=O)C[C@H]1CC[C@@H]2CCC[C@H]21. The lowest BCUT2D eigenvalue weighted by Gasteiger charge is -2.16. The number of rotatable bonds is 2. The van der Waals surface area contributed by atoms with E-state index in [0.717, 1.165) is 11.8 Å². The first-order chi connectivity index (χ1) is 5.77. The fourth-order valence-corrected chi connectivity index (χ4v) is 3.20. The molecule has 0 radical (unpaired) electrons. The minimum Gasteiger partial charge on any atom is -0.370 e. The number of nitrogens with two attached hydrogens (primary N) is 1. The number of carbonyl (C=O) groups excluding carboxylic acids is 1. The molecular formula is C10H17NO. The second kappa shape index (κ2) is 3.08. The largest absolute Gasteiger partial charge is 0.370 e. The molecule has 3 atom stereocenters. The molecule has 0 aromatic rings. The van der Waals surface area contributed by atoms with E-state index < -0.39 is 0 Å². The smallest absolute Gasteiger partial charge is 0.217 e. The van der Waals surface area contributed by atoms with Crippen molar-refractivity contribution in [2.24, 2.45) is 23.5 Å². The third-order valence-electron chi connectivity index (χ3n) is 3.69. The molecule has 2 fully saturated rings. The molecule has 0 heterocycles. The van der Waals surface area contributed by atoms with Crippen molar-refractivity contribution in [3.63, 3.8) is 0 Å². The summed E-state index contributed by atoms with van der Waals surface area (Å²) < 4.78 is 0. The van der Waals surface area contributed by atoms with Gasteiger partial charge in [-0.05, 0) is 37.0 Å². The van der Waals surface area contributed by atoms with Gasteiger partial charge >= 0.3 is 0 Å². The Labute approximate surface area is 73.5 Å². The number of amides is 1. The van der Waals surface area contributed by atoms with Gasteiger partial charge in [0, 0.05) is 6.42 Å². The molecule has 68 valence electrons. The summed E-state index contributed by atoms with van der Waals surface area (Å²) in [7, 11) is 0. The first-order valence-corrected chi connectivity index (χ1v) is 5.05. The van der Waals surface area contributed by atoms with Crippen molar-refractivity contribution in [1.29, 1.82) is 0 Å². The highest BCUT2D eigenvalue weighted by Crippen LogP contribution is 2.48. The van der Waals surface area contributed by atoms with Gasteiger partial charge in [-0.25, -0.2) is 0 Å². The molecule has 2 rings (SSSR count). The van der Waals surface area contributed by atoms with E-state index in [1.54, 1.807) is 0 Å². The maximum Gasteiger partial charge on any atom is 0.217 e. The molecule has 2 N–H and O–H groups in total. The Balaban J connectivity index is 1.95. The minimum absolute atomic E-state index is 0.104. The van der Waals surface area contributed by atoms with Crippen molar-refractivity contribution in [2.75, 3.05) is 0 Å². The molecule has 0 aromatic heterocycles. The van der Waals surface area contributed by atoms with Gasteiger partial charge in [0.05, 0.1) is 0 Å². The van der Waals surface area contributed by atoms with Gasteiger partial charge in [-0.15, -0.1) is 0 Å². The Morgan fingerprint density at radius 3 is 2.83 bits per heavy atom. The molecule has 2 nitrogen and oxygen atoms in total. The molecule has 2 saturated carbocycles. The van der Waals surface area contributed by atoms with Gasteiger partial charge in [0.1, 0.15) is 0 Å². The molecule has 0 unspecified atom stereocenters. The first-order valence-electron chi connectivity index (χ1n) is 5.05. The highest BCUT2D eigenvalue weighted by molar-refractivity contribution is 5.74. The van der Waals surface area contributed by atoms with Crippen molar-refractivity contribution < 1.29 is 4.79 Å². The van der Waals surface area contributed by atoms with Crippen LogP contribution in [0.4, 0.5) is 0 Å². The van der Waals surface area contributed by atoms with Crippen molar-refractivity contribution in [1.82, 2.24) is 0 Å². The maximum atomic E-state index is 10.8. The monoisotopic (exact) mass is 167 g/mol. The average Bonchev–Trinajstić information content (AvgIpc) is 2.52. The van der Waals surface area contributed by atoms with Crippen LogP contribution in [0, 0.1) is 17.8 Å². The summed E-state index contributed by atoms with van der Waals surface area (Å²) in [5.74, 6) is 2.31. The van der Waals surface area contributed by atoms with Crippen LogP contribution in [0.1, 0.15) is 38.5 Å². The summed E-state index contributed by atoms with van der Waals surface area (Å²) in [5, 5.41) is 0. The highest BCUT2D eigenvalue weighted by Gasteiger charge is 2.39. The Morgan fingerprint density at radius 2 is 2.08 bits per heavy atom. The highest BCUT2D eigenvalue weighted by atomic mass is 16.1. The van der Waals surface area contributed by atoms with E-state index in [4.69, 9.17) is 5.73 Å². The van der Waals surface area contributed by atoms with E-state index in [1.807, 2.05) is 0 Å². The molecule has 2 aliphatic carbocycles. The number of hydrogen-bond donors (Lipinski definition) is 1. The van der Waals surface area contributed by atoms with Gasteiger partial charge in [0.2, 0.25) is 5.91 Å². The quantitative estimate of drug-likeness (QED) is 0.668. The summed E-state index contributed by atoms with van der Waals surface area (Å²) in [6.07, 6.45) is 7.37. The maximum absolute atomic E-state index is 10.8. The lowest BCUT2D eigenvalue weighted by Crippen LogP contribution is -2.19. The zero-order valence-corrected chi connectivity index (χ0v) is 7.46. The minimum atomic E-state index is -0.104. The van der Waals surface area contributed by atoms with E-state index >= 15 is 0 Å². The van der Waals surface area contributed by atoms with Crippen LogP contribution < -0.4 is 5.73 Å². The Bertz CT molecular complexity index is 190. The van der Waals surface area contributed by atoms with E-state index in [9.17, 15) is 4.79 Å². The summed E-state index contributed by atoms with van der Waals surface area (Å²) in [4.78, 5) is 10.8. The Kier molecular flexibility index (Phi) is 2.07. The van der Waals surface area contributed by atoms with Crippen molar-refractivity contribution in [3.8, 4) is 0 Å².